The maximum absolute atomic E-state index is 12.9. The van der Waals surface area contributed by atoms with Gasteiger partial charge in [0.25, 0.3) is 0 Å². The molecule has 1 amide bonds. The fourth-order valence-corrected chi connectivity index (χ4v) is 3.41. The van der Waals surface area contributed by atoms with E-state index in [1.165, 1.54) is 0 Å². The van der Waals surface area contributed by atoms with E-state index in [-0.39, 0.29) is 23.9 Å². The molecule has 0 radical (unpaired) electrons. The van der Waals surface area contributed by atoms with E-state index in [4.69, 9.17) is 5.73 Å². The van der Waals surface area contributed by atoms with Gasteiger partial charge in [0.15, 0.2) is 0 Å². The molecule has 128 valence electrons. The van der Waals surface area contributed by atoms with E-state index in [1.807, 2.05) is 60.0 Å². The van der Waals surface area contributed by atoms with Crippen LogP contribution in [-0.4, -0.2) is 33.7 Å². The van der Waals surface area contributed by atoms with Gasteiger partial charge in [0, 0.05) is 25.3 Å². The Balaban J connectivity index is 1.67. The smallest absolute Gasteiger partial charge is 0.227 e. The second kappa shape index (κ2) is 7.18. The SMILES string of the molecule is Cc1cnn(C2CCCN(C(=O)C(C)C(N)c3ccccc3)C2)c1. The molecule has 1 saturated heterocycles. The normalized spacial score (nSPS) is 20.6. The van der Waals surface area contributed by atoms with Crippen LogP contribution in [0.1, 0.15) is 43.0 Å². The van der Waals surface area contributed by atoms with Gasteiger partial charge in [-0.2, -0.15) is 5.10 Å². The summed E-state index contributed by atoms with van der Waals surface area (Å²) in [5.41, 5.74) is 8.49. The second-order valence-corrected chi connectivity index (χ2v) is 6.80. The van der Waals surface area contributed by atoms with Gasteiger partial charge in [-0.05, 0) is 30.9 Å². The fourth-order valence-electron chi connectivity index (χ4n) is 3.41. The zero-order chi connectivity index (χ0) is 17.1. The lowest BCUT2D eigenvalue weighted by Gasteiger charge is -2.35. The van der Waals surface area contributed by atoms with Gasteiger partial charge in [0.2, 0.25) is 5.91 Å². The van der Waals surface area contributed by atoms with E-state index < -0.39 is 0 Å². The monoisotopic (exact) mass is 326 g/mol. The van der Waals surface area contributed by atoms with E-state index in [1.54, 1.807) is 0 Å². The number of carbonyl (C=O) groups is 1. The van der Waals surface area contributed by atoms with Crippen molar-refractivity contribution in [2.24, 2.45) is 11.7 Å². The minimum Gasteiger partial charge on any atom is -0.340 e. The fraction of sp³-hybridized carbons (Fsp3) is 0.474. The molecule has 0 spiro atoms. The Kier molecular flexibility index (Phi) is 5.00. The highest BCUT2D eigenvalue weighted by molar-refractivity contribution is 5.79. The molecule has 0 saturated carbocycles. The van der Waals surface area contributed by atoms with Crippen molar-refractivity contribution in [2.45, 2.75) is 38.8 Å². The number of amides is 1. The summed E-state index contributed by atoms with van der Waals surface area (Å²) in [6, 6.07) is 9.85. The topological polar surface area (TPSA) is 64.2 Å². The lowest BCUT2D eigenvalue weighted by molar-refractivity contribution is -0.137. The molecule has 5 nitrogen and oxygen atoms in total. The number of carbonyl (C=O) groups excluding carboxylic acids is 1. The van der Waals surface area contributed by atoms with E-state index in [2.05, 4.69) is 11.3 Å². The Labute approximate surface area is 143 Å². The first-order valence-corrected chi connectivity index (χ1v) is 8.66. The van der Waals surface area contributed by atoms with Crippen molar-refractivity contribution in [2.75, 3.05) is 13.1 Å². The van der Waals surface area contributed by atoms with Gasteiger partial charge in [-0.15, -0.1) is 0 Å². The van der Waals surface area contributed by atoms with E-state index in [9.17, 15) is 4.79 Å². The number of aromatic nitrogens is 2. The van der Waals surface area contributed by atoms with E-state index in [0.717, 1.165) is 30.5 Å². The lowest BCUT2D eigenvalue weighted by Crippen LogP contribution is -2.45. The minimum atomic E-state index is -0.272. The van der Waals surface area contributed by atoms with Crippen molar-refractivity contribution in [1.29, 1.82) is 0 Å². The van der Waals surface area contributed by atoms with Crippen LogP contribution in [0, 0.1) is 12.8 Å². The highest BCUT2D eigenvalue weighted by Crippen LogP contribution is 2.26. The van der Waals surface area contributed by atoms with Crippen molar-refractivity contribution < 1.29 is 4.79 Å². The number of nitrogens with two attached hydrogens (primary N) is 1. The van der Waals surface area contributed by atoms with Crippen LogP contribution in [0.2, 0.25) is 0 Å². The zero-order valence-electron chi connectivity index (χ0n) is 14.4. The molecule has 1 aromatic carbocycles. The van der Waals surface area contributed by atoms with Gasteiger partial charge >= 0.3 is 0 Å². The summed E-state index contributed by atoms with van der Waals surface area (Å²) in [6.07, 6.45) is 5.99. The molecular formula is C19H26N4O. The summed E-state index contributed by atoms with van der Waals surface area (Å²) >= 11 is 0. The number of nitrogens with zero attached hydrogens (tertiary/aromatic N) is 3. The van der Waals surface area contributed by atoms with Crippen LogP contribution in [0.25, 0.3) is 0 Å². The second-order valence-electron chi connectivity index (χ2n) is 6.80. The predicted octanol–water partition coefficient (Wildman–Crippen LogP) is 2.69. The van der Waals surface area contributed by atoms with Crippen LogP contribution in [0.4, 0.5) is 0 Å². The Hall–Kier alpha value is -2.14. The van der Waals surface area contributed by atoms with E-state index in [0.29, 0.717) is 6.54 Å². The number of hydrogen-bond donors (Lipinski definition) is 1. The van der Waals surface area contributed by atoms with Crippen LogP contribution in [0.15, 0.2) is 42.7 Å². The van der Waals surface area contributed by atoms with Crippen LogP contribution in [0.3, 0.4) is 0 Å². The molecular weight excluding hydrogens is 300 g/mol. The average molecular weight is 326 g/mol. The lowest BCUT2D eigenvalue weighted by atomic mass is 9.93. The summed E-state index contributed by atoms with van der Waals surface area (Å²) in [6.45, 7) is 5.49. The molecule has 3 atom stereocenters. The molecule has 0 aliphatic carbocycles. The average Bonchev–Trinajstić information content (AvgIpc) is 3.07. The number of hydrogen-bond acceptors (Lipinski definition) is 3. The molecule has 5 heteroatoms. The molecule has 3 rings (SSSR count). The first-order chi connectivity index (χ1) is 11.6. The number of aryl methyl sites for hydroxylation is 1. The van der Waals surface area contributed by atoms with Crippen molar-refractivity contribution >= 4 is 5.91 Å². The van der Waals surface area contributed by atoms with Gasteiger partial charge in [0.1, 0.15) is 0 Å². The molecule has 1 aliphatic rings. The van der Waals surface area contributed by atoms with Gasteiger partial charge in [-0.1, -0.05) is 37.3 Å². The molecule has 2 N–H and O–H groups in total. The molecule has 0 bridgehead atoms. The minimum absolute atomic E-state index is 0.139. The highest BCUT2D eigenvalue weighted by Gasteiger charge is 2.31. The van der Waals surface area contributed by atoms with Crippen LogP contribution in [-0.2, 0) is 4.79 Å². The Morgan fingerprint density at radius 3 is 2.75 bits per heavy atom. The molecule has 24 heavy (non-hydrogen) atoms. The first-order valence-electron chi connectivity index (χ1n) is 8.66. The van der Waals surface area contributed by atoms with Gasteiger partial charge in [-0.25, -0.2) is 0 Å². The zero-order valence-corrected chi connectivity index (χ0v) is 14.4. The first kappa shape index (κ1) is 16.7. The molecule has 1 aromatic heterocycles. The summed E-state index contributed by atoms with van der Waals surface area (Å²) in [7, 11) is 0. The molecule has 3 unspecified atom stereocenters. The molecule has 2 heterocycles. The third kappa shape index (κ3) is 3.51. The van der Waals surface area contributed by atoms with Crippen LogP contribution >= 0.6 is 0 Å². The molecule has 2 aromatic rings. The number of likely N-dealkylation sites (tertiary alicyclic amines) is 1. The maximum Gasteiger partial charge on any atom is 0.227 e. The molecule has 1 fully saturated rings. The number of piperidine rings is 1. The Bertz CT molecular complexity index is 682. The number of rotatable bonds is 4. The van der Waals surface area contributed by atoms with Crippen LogP contribution < -0.4 is 5.73 Å². The largest absolute Gasteiger partial charge is 0.340 e. The summed E-state index contributed by atoms with van der Waals surface area (Å²) in [5, 5.41) is 4.41. The number of benzene rings is 1. The van der Waals surface area contributed by atoms with Crippen molar-refractivity contribution in [3.8, 4) is 0 Å². The van der Waals surface area contributed by atoms with Gasteiger partial charge < -0.3 is 10.6 Å². The van der Waals surface area contributed by atoms with Crippen molar-refractivity contribution in [3.63, 3.8) is 0 Å². The van der Waals surface area contributed by atoms with Gasteiger partial charge in [0.05, 0.1) is 18.2 Å². The summed E-state index contributed by atoms with van der Waals surface area (Å²) < 4.78 is 2.00. The third-order valence-corrected chi connectivity index (χ3v) is 4.93. The maximum atomic E-state index is 12.9. The third-order valence-electron chi connectivity index (χ3n) is 4.93. The summed E-state index contributed by atoms with van der Waals surface area (Å²) in [5.74, 6) is -0.0922. The van der Waals surface area contributed by atoms with Crippen molar-refractivity contribution in [1.82, 2.24) is 14.7 Å². The van der Waals surface area contributed by atoms with Gasteiger partial charge in [-0.3, -0.25) is 9.48 Å². The predicted molar refractivity (Wildman–Crippen MR) is 94.3 cm³/mol. The highest BCUT2D eigenvalue weighted by atomic mass is 16.2. The Morgan fingerprint density at radius 1 is 1.33 bits per heavy atom. The van der Waals surface area contributed by atoms with Crippen molar-refractivity contribution in [3.05, 3.63) is 53.9 Å². The van der Waals surface area contributed by atoms with Crippen LogP contribution in [0.5, 0.6) is 0 Å². The summed E-state index contributed by atoms with van der Waals surface area (Å²) in [4.78, 5) is 14.9. The Morgan fingerprint density at radius 2 is 2.08 bits per heavy atom. The molecule has 1 aliphatic heterocycles. The van der Waals surface area contributed by atoms with E-state index >= 15 is 0 Å². The standard InChI is InChI=1S/C19H26N4O/c1-14-11-21-23(12-14)17-9-6-10-22(13-17)19(24)15(2)18(20)16-7-4-3-5-8-16/h3-5,7-8,11-12,15,17-18H,6,9-10,13,20H2,1-2H3. The quantitative estimate of drug-likeness (QED) is 0.939.